The lowest BCUT2D eigenvalue weighted by molar-refractivity contribution is -0.135. The van der Waals surface area contributed by atoms with Gasteiger partial charge in [-0.05, 0) is 37.5 Å². The van der Waals surface area contributed by atoms with Crippen molar-refractivity contribution in [1.29, 1.82) is 0 Å². The lowest BCUT2D eigenvalue weighted by Gasteiger charge is -2.24. The third kappa shape index (κ3) is 6.24. The smallest absolute Gasteiger partial charge is 0.262 e. The maximum Gasteiger partial charge on any atom is 0.262 e. The number of hydrogen-bond donors (Lipinski definition) is 2. The summed E-state index contributed by atoms with van der Waals surface area (Å²) in [7, 11) is 0. The van der Waals surface area contributed by atoms with Gasteiger partial charge in [0.05, 0.1) is 10.9 Å². The molecule has 1 saturated heterocycles. The fourth-order valence-corrected chi connectivity index (χ4v) is 3.76. The van der Waals surface area contributed by atoms with E-state index in [0.717, 1.165) is 31.2 Å². The van der Waals surface area contributed by atoms with Crippen molar-refractivity contribution in [3.63, 3.8) is 0 Å². The molecule has 32 heavy (non-hydrogen) atoms. The highest BCUT2D eigenvalue weighted by Gasteiger charge is 2.30. The standard InChI is InChI=1S/C22H28N4O4.C2H6/c1-3-4-5-6-7-19(27)23-13-15-8-9-17-16(12-15)22(30)26(14(2)24-17)18-10-11-20(28)25-21(18)29;1-2/h8-9,12,18H,3-7,10-11,13H2,1-2H3,(H,23,27)(H,25,28,29);1-2H3/t18-;/m0./s1. The summed E-state index contributed by atoms with van der Waals surface area (Å²) in [5.74, 6) is -0.392. The molecule has 3 amide bonds. The molecule has 2 N–H and O–H groups in total. The SMILES string of the molecule is CC.CCCCCCC(=O)NCc1ccc2nc(C)n([C@H]3CCC(=O)NC3=O)c(=O)c2c1. The predicted molar refractivity (Wildman–Crippen MR) is 124 cm³/mol. The Labute approximate surface area is 188 Å². The van der Waals surface area contributed by atoms with Gasteiger partial charge in [-0.15, -0.1) is 0 Å². The van der Waals surface area contributed by atoms with Crippen molar-refractivity contribution >= 4 is 28.6 Å². The van der Waals surface area contributed by atoms with E-state index in [9.17, 15) is 19.2 Å². The van der Waals surface area contributed by atoms with E-state index in [1.54, 1.807) is 19.1 Å². The van der Waals surface area contributed by atoms with Crippen LogP contribution in [0, 0.1) is 6.92 Å². The first-order valence-corrected chi connectivity index (χ1v) is 11.5. The highest BCUT2D eigenvalue weighted by Crippen LogP contribution is 2.20. The van der Waals surface area contributed by atoms with Gasteiger partial charge >= 0.3 is 0 Å². The number of fused-ring (bicyclic) bond motifs is 1. The monoisotopic (exact) mass is 442 g/mol. The fraction of sp³-hybridized carbons (Fsp3) is 0.542. The van der Waals surface area contributed by atoms with Crippen LogP contribution in [0.4, 0.5) is 0 Å². The number of aryl methyl sites for hydroxylation is 1. The molecule has 3 rings (SSSR count). The molecular formula is C24H34N4O4. The predicted octanol–water partition coefficient (Wildman–Crippen LogP) is 3.30. The van der Waals surface area contributed by atoms with Gasteiger partial charge in [-0.25, -0.2) is 4.98 Å². The topological polar surface area (TPSA) is 110 Å². The number of amides is 3. The molecule has 1 fully saturated rings. The Balaban J connectivity index is 0.00000176. The Bertz CT molecular complexity index is 1030. The minimum Gasteiger partial charge on any atom is -0.352 e. The Morgan fingerprint density at radius 1 is 1.19 bits per heavy atom. The van der Waals surface area contributed by atoms with Crippen molar-refractivity contribution in [3.8, 4) is 0 Å². The van der Waals surface area contributed by atoms with E-state index in [1.807, 2.05) is 19.9 Å². The van der Waals surface area contributed by atoms with E-state index in [0.29, 0.717) is 29.7 Å². The second-order valence-electron chi connectivity index (χ2n) is 7.74. The first kappa shape index (κ1) is 25.2. The third-order valence-electron chi connectivity index (χ3n) is 5.41. The number of carbonyl (C=O) groups excluding carboxylic acids is 3. The first-order valence-electron chi connectivity index (χ1n) is 11.5. The van der Waals surface area contributed by atoms with Crippen molar-refractivity contribution in [2.24, 2.45) is 0 Å². The molecule has 174 valence electrons. The van der Waals surface area contributed by atoms with E-state index >= 15 is 0 Å². The average molecular weight is 443 g/mol. The summed E-state index contributed by atoms with van der Waals surface area (Å²) in [6, 6.07) is 4.55. The van der Waals surface area contributed by atoms with Gasteiger partial charge in [-0.3, -0.25) is 29.1 Å². The van der Waals surface area contributed by atoms with Crippen molar-refractivity contribution in [3.05, 3.63) is 39.9 Å². The van der Waals surface area contributed by atoms with Gasteiger partial charge in [0.25, 0.3) is 5.56 Å². The van der Waals surface area contributed by atoms with E-state index in [1.165, 1.54) is 4.57 Å². The number of nitrogens with one attached hydrogen (secondary N) is 2. The van der Waals surface area contributed by atoms with Gasteiger partial charge in [-0.1, -0.05) is 46.1 Å². The second kappa shape index (κ2) is 12.1. The van der Waals surface area contributed by atoms with Crippen LogP contribution in [0.1, 0.15) is 83.1 Å². The Kier molecular flexibility index (Phi) is 9.56. The third-order valence-corrected chi connectivity index (χ3v) is 5.41. The lowest BCUT2D eigenvalue weighted by atomic mass is 10.0. The molecular weight excluding hydrogens is 408 g/mol. The molecule has 0 saturated carbocycles. The van der Waals surface area contributed by atoms with E-state index < -0.39 is 11.9 Å². The zero-order valence-corrected chi connectivity index (χ0v) is 19.5. The fourth-order valence-electron chi connectivity index (χ4n) is 3.76. The zero-order chi connectivity index (χ0) is 23.7. The number of hydrogen-bond acceptors (Lipinski definition) is 5. The molecule has 1 atom stereocenters. The van der Waals surface area contributed by atoms with Gasteiger partial charge in [0, 0.05) is 19.4 Å². The maximum absolute atomic E-state index is 13.1. The summed E-state index contributed by atoms with van der Waals surface area (Å²) in [5, 5.41) is 5.57. The van der Waals surface area contributed by atoms with Gasteiger partial charge in [0.2, 0.25) is 17.7 Å². The summed E-state index contributed by atoms with van der Waals surface area (Å²) in [4.78, 5) is 53.3. The molecule has 0 unspecified atom stereocenters. The number of benzene rings is 1. The van der Waals surface area contributed by atoms with Crippen LogP contribution in [0.25, 0.3) is 10.9 Å². The summed E-state index contributed by atoms with van der Waals surface area (Å²) in [6.07, 6.45) is 5.13. The molecule has 8 nitrogen and oxygen atoms in total. The first-order chi connectivity index (χ1) is 15.4. The average Bonchev–Trinajstić information content (AvgIpc) is 2.78. The lowest BCUT2D eigenvalue weighted by Crippen LogP contribution is -2.45. The van der Waals surface area contributed by atoms with E-state index in [2.05, 4.69) is 22.5 Å². The Morgan fingerprint density at radius 2 is 1.94 bits per heavy atom. The quantitative estimate of drug-likeness (QED) is 0.481. The Morgan fingerprint density at radius 3 is 2.62 bits per heavy atom. The highest BCUT2D eigenvalue weighted by atomic mass is 16.2. The Hall–Kier alpha value is -3.03. The zero-order valence-electron chi connectivity index (χ0n) is 19.5. The number of rotatable bonds is 8. The van der Waals surface area contributed by atoms with Gasteiger partial charge in [0.1, 0.15) is 11.9 Å². The molecule has 1 aromatic heterocycles. The van der Waals surface area contributed by atoms with Crippen LogP contribution in [0.2, 0.25) is 0 Å². The van der Waals surface area contributed by atoms with Gasteiger partial charge in [0.15, 0.2) is 0 Å². The highest BCUT2D eigenvalue weighted by molar-refractivity contribution is 5.99. The normalized spacial score (nSPS) is 15.7. The molecule has 0 bridgehead atoms. The van der Waals surface area contributed by atoms with Crippen LogP contribution in [0.3, 0.4) is 0 Å². The van der Waals surface area contributed by atoms with E-state index in [-0.39, 0.29) is 30.2 Å². The minimum absolute atomic E-state index is 0.00538. The summed E-state index contributed by atoms with van der Waals surface area (Å²) < 4.78 is 1.36. The number of piperidine rings is 1. The second-order valence-corrected chi connectivity index (χ2v) is 7.74. The van der Waals surface area contributed by atoms with Crippen molar-refractivity contribution in [2.75, 3.05) is 0 Å². The largest absolute Gasteiger partial charge is 0.352 e. The minimum atomic E-state index is -0.751. The molecule has 1 aliphatic heterocycles. The van der Waals surface area contributed by atoms with Crippen LogP contribution in [0.15, 0.2) is 23.0 Å². The molecule has 0 spiro atoms. The molecule has 8 heteroatoms. The molecule has 0 radical (unpaired) electrons. The molecule has 1 aliphatic rings. The number of nitrogens with zero attached hydrogens (tertiary/aromatic N) is 2. The number of imide groups is 1. The summed E-state index contributed by atoms with van der Waals surface area (Å²) in [5.41, 5.74) is 1.01. The van der Waals surface area contributed by atoms with Crippen LogP contribution < -0.4 is 16.2 Å². The molecule has 2 heterocycles. The van der Waals surface area contributed by atoms with Crippen molar-refractivity contribution in [2.45, 2.75) is 85.2 Å². The van der Waals surface area contributed by atoms with Crippen LogP contribution >= 0.6 is 0 Å². The van der Waals surface area contributed by atoms with Gasteiger partial charge < -0.3 is 5.32 Å². The van der Waals surface area contributed by atoms with Crippen LogP contribution in [-0.2, 0) is 20.9 Å². The van der Waals surface area contributed by atoms with Gasteiger partial charge in [-0.2, -0.15) is 0 Å². The summed E-state index contributed by atoms with van der Waals surface area (Å²) >= 11 is 0. The van der Waals surface area contributed by atoms with E-state index in [4.69, 9.17) is 0 Å². The molecule has 1 aromatic carbocycles. The summed E-state index contributed by atoms with van der Waals surface area (Å²) in [6.45, 7) is 8.13. The number of aromatic nitrogens is 2. The maximum atomic E-state index is 13.1. The molecule has 2 aromatic rings. The number of carbonyl (C=O) groups is 3. The van der Waals surface area contributed by atoms with Crippen molar-refractivity contribution in [1.82, 2.24) is 20.2 Å². The van der Waals surface area contributed by atoms with Crippen molar-refractivity contribution < 1.29 is 14.4 Å². The van der Waals surface area contributed by atoms with Crippen LogP contribution in [-0.4, -0.2) is 27.3 Å². The molecule has 0 aliphatic carbocycles. The number of unbranched alkanes of at least 4 members (excludes halogenated alkanes) is 3. The van der Waals surface area contributed by atoms with Crippen LogP contribution in [0.5, 0.6) is 0 Å².